The topological polar surface area (TPSA) is 98.1 Å². The van der Waals surface area contributed by atoms with Crippen LogP contribution in [0.2, 0.25) is 0 Å². The second-order valence-electron chi connectivity index (χ2n) is 7.33. The van der Waals surface area contributed by atoms with Crippen LogP contribution in [0.3, 0.4) is 0 Å². The third kappa shape index (κ3) is 3.91. The molecule has 2 aromatic carbocycles. The SMILES string of the molecule is Cn1nc(-c2ccccc2)c(-c2ccccc2)c(C(=O)N[C@H]2CCS(=O)(=O)C2)c1=O. The van der Waals surface area contributed by atoms with E-state index in [-0.39, 0.29) is 17.1 Å². The number of aromatic nitrogens is 2. The zero-order valence-corrected chi connectivity index (χ0v) is 17.2. The van der Waals surface area contributed by atoms with E-state index >= 15 is 0 Å². The van der Waals surface area contributed by atoms with Crippen LogP contribution in [0.5, 0.6) is 0 Å². The van der Waals surface area contributed by atoms with Gasteiger partial charge in [0.1, 0.15) is 5.56 Å². The van der Waals surface area contributed by atoms with Crippen LogP contribution in [0.1, 0.15) is 16.8 Å². The van der Waals surface area contributed by atoms with Crippen LogP contribution in [0.15, 0.2) is 65.5 Å². The first kappa shape index (κ1) is 20.0. The Morgan fingerprint density at radius 2 is 1.63 bits per heavy atom. The van der Waals surface area contributed by atoms with Gasteiger partial charge in [-0.15, -0.1) is 0 Å². The summed E-state index contributed by atoms with van der Waals surface area (Å²) in [6.45, 7) is 0. The highest BCUT2D eigenvalue weighted by Gasteiger charge is 2.31. The molecule has 30 heavy (non-hydrogen) atoms. The van der Waals surface area contributed by atoms with Crippen molar-refractivity contribution >= 4 is 15.7 Å². The minimum Gasteiger partial charge on any atom is -0.348 e. The minimum atomic E-state index is -3.17. The Labute approximate surface area is 174 Å². The number of rotatable bonds is 4. The molecule has 0 radical (unpaired) electrons. The lowest BCUT2D eigenvalue weighted by Gasteiger charge is -2.17. The van der Waals surface area contributed by atoms with Gasteiger partial charge in [-0.2, -0.15) is 5.10 Å². The third-order valence-electron chi connectivity index (χ3n) is 5.15. The number of carbonyl (C=O) groups excluding carboxylic acids is 1. The fourth-order valence-corrected chi connectivity index (χ4v) is 5.37. The molecule has 1 fully saturated rings. The second-order valence-corrected chi connectivity index (χ2v) is 9.56. The van der Waals surface area contributed by atoms with Crippen molar-refractivity contribution in [3.8, 4) is 22.4 Å². The Hall–Kier alpha value is -3.26. The van der Waals surface area contributed by atoms with E-state index < -0.39 is 27.3 Å². The number of amides is 1. The summed E-state index contributed by atoms with van der Waals surface area (Å²) in [5.74, 6) is -0.667. The van der Waals surface area contributed by atoms with Gasteiger partial charge in [0.05, 0.1) is 17.2 Å². The average Bonchev–Trinajstić information content (AvgIpc) is 3.08. The number of sulfone groups is 1. The van der Waals surface area contributed by atoms with Gasteiger partial charge in [0.15, 0.2) is 9.84 Å². The normalized spacial score (nSPS) is 17.6. The van der Waals surface area contributed by atoms with E-state index in [1.54, 1.807) is 0 Å². The van der Waals surface area contributed by atoms with Crippen molar-refractivity contribution in [3.63, 3.8) is 0 Å². The van der Waals surface area contributed by atoms with Crippen LogP contribution in [-0.2, 0) is 16.9 Å². The first-order valence-corrected chi connectivity index (χ1v) is 11.4. The summed E-state index contributed by atoms with van der Waals surface area (Å²) in [6.07, 6.45) is 0.339. The first-order chi connectivity index (χ1) is 14.4. The van der Waals surface area contributed by atoms with Crippen molar-refractivity contribution in [2.75, 3.05) is 11.5 Å². The molecule has 0 unspecified atom stereocenters. The van der Waals surface area contributed by atoms with Crippen LogP contribution >= 0.6 is 0 Å². The van der Waals surface area contributed by atoms with E-state index in [4.69, 9.17) is 0 Å². The largest absolute Gasteiger partial charge is 0.348 e. The molecule has 8 heteroatoms. The summed E-state index contributed by atoms with van der Waals surface area (Å²) < 4.78 is 24.7. The smallest absolute Gasteiger partial charge is 0.280 e. The lowest BCUT2D eigenvalue weighted by Crippen LogP contribution is -2.40. The highest BCUT2D eigenvalue weighted by molar-refractivity contribution is 7.91. The summed E-state index contributed by atoms with van der Waals surface area (Å²) in [4.78, 5) is 26.2. The molecule has 0 aliphatic carbocycles. The Kier molecular flexibility index (Phi) is 5.26. The highest BCUT2D eigenvalue weighted by atomic mass is 32.2. The molecule has 154 valence electrons. The van der Waals surface area contributed by atoms with E-state index in [0.717, 1.165) is 10.2 Å². The zero-order chi connectivity index (χ0) is 21.3. The lowest BCUT2D eigenvalue weighted by molar-refractivity contribution is 0.0939. The van der Waals surface area contributed by atoms with Crippen LogP contribution in [-0.4, -0.2) is 41.7 Å². The van der Waals surface area contributed by atoms with Crippen molar-refractivity contribution in [1.82, 2.24) is 15.1 Å². The quantitative estimate of drug-likeness (QED) is 0.692. The molecule has 1 aliphatic rings. The molecule has 0 bridgehead atoms. The van der Waals surface area contributed by atoms with Crippen molar-refractivity contribution in [1.29, 1.82) is 0 Å². The third-order valence-corrected chi connectivity index (χ3v) is 6.92. The second kappa shape index (κ2) is 7.87. The Bertz CT molecular complexity index is 1250. The molecule has 7 nitrogen and oxygen atoms in total. The van der Waals surface area contributed by atoms with Crippen LogP contribution < -0.4 is 10.9 Å². The first-order valence-electron chi connectivity index (χ1n) is 9.59. The number of nitrogens with zero attached hydrogens (tertiary/aromatic N) is 2. The van der Waals surface area contributed by atoms with Crippen molar-refractivity contribution in [3.05, 3.63) is 76.6 Å². The maximum Gasteiger partial charge on any atom is 0.280 e. The molecule has 1 atom stereocenters. The Morgan fingerprint density at radius 1 is 1.03 bits per heavy atom. The summed E-state index contributed by atoms with van der Waals surface area (Å²) in [6, 6.07) is 18.0. The molecule has 2 heterocycles. The number of hydrogen-bond donors (Lipinski definition) is 1. The van der Waals surface area contributed by atoms with Crippen LogP contribution in [0.4, 0.5) is 0 Å². The zero-order valence-electron chi connectivity index (χ0n) is 16.4. The van der Waals surface area contributed by atoms with E-state index in [0.29, 0.717) is 23.2 Å². The fraction of sp³-hybridized carbons (Fsp3) is 0.227. The molecule has 3 aromatic rings. The summed E-state index contributed by atoms with van der Waals surface area (Å²) in [7, 11) is -1.67. The molecule has 0 saturated carbocycles. The van der Waals surface area contributed by atoms with Gasteiger partial charge in [0.2, 0.25) is 0 Å². The Morgan fingerprint density at radius 3 is 2.20 bits per heavy atom. The number of carbonyl (C=O) groups is 1. The summed E-state index contributed by atoms with van der Waals surface area (Å²) >= 11 is 0. The summed E-state index contributed by atoms with van der Waals surface area (Å²) in [5, 5.41) is 7.19. The predicted octanol–water partition coefficient (Wildman–Crippen LogP) is 2.03. The molecular weight excluding hydrogens is 402 g/mol. The maximum atomic E-state index is 13.2. The van der Waals surface area contributed by atoms with Gasteiger partial charge >= 0.3 is 0 Å². The monoisotopic (exact) mass is 423 g/mol. The summed E-state index contributed by atoms with van der Waals surface area (Å²) in [5.41, 5.74) is 1.82. The van der Waals surface area contributed by atoms with Gasteiger partial charge in [-0.3, -0.25) is 9.59 Å². The molecular formula is C22H21N3O4S. The van der Waals surface area contributed by atoms with Crippen molar-refractivity contribution in [2.45, 2.75) is 12.5 Å². The van der Waals surface area contributed by atoms with Gasteiger partial charge in [-0.25, -0.2) is 13.1 Å². The molecule has 1 aliphatic heterocycles. The molecule has 1 aromatic heterocycles. The number of benzene rings is 2. The van der Waals surface area contributed by atoms with Crippen molar-refractivity contribution < 1.29 is 13.2 Å². The molecule has 4 rings (SSSR count). The molecule has 0 spiro atoms. The standard InChI is InChI=1S/C22H21N3O4S/c1-25-22(27)19(21(26)23-17-12-13-30(28,29)14-17)18(15-8-4-2-5-9-15)20(24-25)16-10-6-3-7-11-16/h2-11,17H,12-14H2,1H3,(H,23,26)/t17-/m0/s1. The average molecular weight is 423 g/mol. The fourth-order valence-electron chi connectivity index (χ4n) is 3.69. The van der Waals surface area contributed by atoms with E-state index in [2.05, 4.69) is 10.4 Å². The number of nitrogens with one attached hydrogen (secondary N) is 1. The van der Waals surface area contributed by atoms with E-state index in [1.807, 2.05) is 60.7 Å². The van der Waals surface area contributed by atoms with Crippen LogP contribution in [0.25, 0.3) is 22.4 Å². The maximum absolute atomic E-state index is 13.2. The lowest BCUT2D eigenvalue weighted by atomic mass is 9.95. The number of aryl methyl sites for hydroxylation is 1. The van der Waals surface area contributed by atoms with E-state index in [9.17, 15) is 18.0 Å². The predicted molar refractivity (Wildman–Crippen MR) is 115 cm³/mol. The van der Waals surface area contributed by atoms with Gasteiger partial charge < -0.3 is 5.32 Å². The van der Waals surface area contributed by atoms with Crippen LogP contribution in [0, 0.1) is 0 Å². The van der Waals surface area contributed by atoms with Crippen molar-refractivity contribution in [2.24, 2.45) is 7.05 Å². The van der Waals surface area contributed by atoms with Gasteiger partial charge in [0, 0.05) is 24.2 Å². The molecule has 1 amide bonds. The van der Waals surface area contributed by atoms with Gasteiger partial charge in [-0.05, 0) is 12.0 Å². The Balaban J connectivity index is 1.90. The van der Waals surface area contributed by atoms with Gasteiger partial charge in [-0.1, -0.05) is 60.7 Å². The highest BCUT2D eigenvalue weighted by Crippen LogP contribution is 2.32. The molecule has 1 saturated heterocycles. The minimum absolute atomic E-state index is 0.0348. The van der Waals surface area contributed by atoms with Gasteiger partial charge in [0.25, 0.3) is 11.5 Å². The number of hydrogen-bond acceptors (Lipinski definition) is 5. The molecule has 1 N–H and O–H groups in total. The van der Waals surface area contributed by atoms with E-state index in [1.165, 1.54) is 7.05 Å².